The summed E-state index contributed by atoms with van der Waals surface area (Å²) in [6.07, 6.45) is 2.70. The predicted octanol–water partition coefficient (Wildman–Crippen LogP) is 1.83. The minimum Gasteiger partial charge on any atom is -0.393 e. The van der Waals surface area contributed by atoms with Gasteiger partial charge in [0, 0.05) is 24.7 Å². The molecular formula is C15H16N2O2. The summed E-state index contributed by atoms with van der Waals surface area (Å²) in [5.41, 5.74) is 0.509. The van der Waals surface area contributed by atoms with Crippen LogP contribution >= 0.6 is 0 Å². The molecule has 1 aromatic heterocycles. The molecule has 0 unspecified atom stereocenters. The van der Waals surface area contributed by atoms with Crippen LogP contribution in [0.25, 0.3) is 10.8 Å². The first-order valence-electron chi connectivity index (χ1n) is 6.57. The lowest BCUT2D eigenvalue weighted by Gasteiger charge is -2.29. The molecule has 2 heterocycles. The van der Waals surface area contributed by atoms with E-state index >= 15 is 0 Å². The molecule has 0 saturated carbocycles. The second-order valence-corrected chi connectivity index (χ2v) is 4.90. The van der Waals surface area contributed by atoms with E-state index in [2.05, 4.69) is 4.98 Å². The molecule has 1 aliphatic rings. The van der Waals surface area contributed by atoms with Crippen LogP contribution in [0.15, 0.2) is 36.5 Å². The molecule has 1 fully saturated rings. The maximum atomic E-state index is 12.5. The number of amides is 1. The first kappa shape index (κ1) is 12.1. The van der Waals surface area contributed by atoms with E-state index in [0.29, 0.717) is 31.6 Å². The molecule has 0 aliphatic carbocycles. The van der Waals surface area contributed by atoms with Crippen LogP contribution in [0.4, 0.5) is 0 Å². The number of aromatic nitrogens is 1. The van der Waals surface area contributed by atoms with E-state index in [1.807, 2.05) is 30.3 Å². The van der Waals surface area contributed by atoms with Gasteiger partial charge in [-0.1, -0.05) is 24.3 Å². The number of aliphatic hydroxyl groups is 1. The zero-order chi connectivity index (χ0) is 13.2. The fourth-order valence-electron chi connectivity index (χ4n) is 2.51. The summed E-state index contributed by atoms with van der Waals surface area (Å²) < 4.78 is 0. The lowest BCUT2D eigenvalue weighted by Crippen LogP contribution is -2.40. The predicted molar refractivity (Wildman–Crippen MR) is 72.9 cm³/mol. The summed E-state index contributed by atoms with van der Waals surface area (Å²) in [4.78, 5) is 18.5. The van der Waals surface area contributed by atoms with Crippen molar-refractivity contribution in [3.05, 3.63) is 42.2 Å². The molecule has 3 rings (SSSR count). The van der Waals surface area contributed by atoms with E-state index in [1.54, 1.807) is 11.1 Å². The van der Waals surface area contributed by atoms with Gasteiger partial charge in [-0.3, -0.25) is 9.78 Å². The molecule has 1 amide bonds. The van der Waals surface area contributed by atoms with Gasteiger partial charge >= 0.3 is 0 Å². The summed E-state index contributed by atoms with van der Waals surface area (Å²) in [7, 11) is 0. The molecule has 4 heteroatoms. The van der Waals surface area contributed by atoms with Crippen LogP contribution in [-0.2, 0) is 0 Å². The van der Waals surface area contributed by atoms with Gasteiger partial charge < -0.3 is 10.0 Å². The zero-order valence-corrected chi connectivity index (χ0v) is 10.6. The van der Waals surface area contributed by atoms with E-state index in [4.69, 9.17) is 0 Å². The number of fused-ring (bicyclic) bond motifs is 1. The number of aliphatic hydroxyl groups excluding tert-OH is 1. The highest BCUT2D eigenvalue weighted by Gasteiger charge is 2.24. The zero-order valence-electron chi connectivity index (χ0n) is 10.6. The Morgan fingerprint density at radius 2 is 1.95 bits per heavy atom. The Balaban J connectivity index is 1.93. The lowest BCUT2D eigenvalue weighted by atomic mass is 10.1. The van der Waals surface area contributed by atoms with E-state index in [0.717, 1.165) is 10.8 Å². The largest absolute Gasteiger partial charge is 0.393 e. The van der Waals surface area contributed by atoms with Crippen molar-refractivity contribution in [2.45, 2.75) is 18.9 Å². The Bertz CT molecular complexity index is 599. The normalized spacial score (nSPS) is 16.8. The summed E-state index contributed by atoms with van der Waals surface area (Å²) in [6.45, 7) is 1.20. The average molecular weight is 256 g/mol. The van der Waals surface area contributed by atoms with Crippen LogP contribution < -0.4 is 0 Å². The number of benzene rings is 1. The van der Waals surface area contributed by atoms with Gasteiger partial charge in [0.15, 0.2) is 0 Å². The molecule has 1 N–H and O–H groups in total. The summed E-state index contributed by atoms with van der Waals surface area (Å²) in [5.74, 6) is -0.0382. The number of hydrogen-bond donors (Lipinski definition) is 1. The topological polar surface area (TPSA) is 53.4 Å². The fraction of sp³-hybridized carbons (Fsp3) is 0.333. The van der Waals surface area contributed by atoms with E-state index in [9.17, 15) is 9.90 Å². The summed E-state index contributed by atoms with van der Waals surface area (Å²) in [6, 6.07) is 9.68. The number of carbonyl (C=O) groups excluding carboxylic acids is 1. The minimum atomic E-state index is -0.274. The third kappa shape index (κ3) is 2.31. The molecule has 2 aromatic rings. The standard InChI is InChI=1S/C15H16N2O2/c18-12-6-9-17(10-7-12)15(19)14-13-4-2-1-3-11(13)5-8-16-14/h1-5,8,12,18H,6-7,9-10H2. The van der Waals surface area contributed by atoms with Gasteiger partial charge in [0.2, 0.25) is 0 Å². The Labute approximate surface area is 111 Å². The van der Waals surface area contributed by atoms with E-state index in [-0.39, 0.29) is 12.0 Å². The summed E-state index contributed by atoms with van der Waals surface area (Å²) >= 11 is 0. The maximum absolute atomic E-state index is 12.5. The van der Waals surface area contributed by atoms with Crippen molar-refractivity contribution in [1.29, 1.82) is 0 Å². The van der Waals surface area contributed by atoms with Gasteiger partial charge in [-0.2, -0.15) is 0 Å². The molecule has 0 spiro atoms. The molecule has 0 radical (unpaired) electrons. The average Bonchev–Trinajstić information content (AvgIpc) is 2.47. The Kier molecular flexibility index (Phi) is 3.17. The molecular weight excluding hydrogens is 240 g/mol. The van der Waals surface area contributed by atoms with Crippen molar-refractivity contribution >= 4 is 16.7 Å². The van der Waals surface area contributed by atoms with Crippen LogP contribution in [0.3, 0.4) is 0 Å². The minimum absolute atomic E-state index is 0.0382. The van der Waals surface area contributed by atoms with Gasteiger partial charge in [0.1, 0.15) is 5.69 Å². The number of pyridine rings is 1. The number of likely N-dealkylation sites (tertiary alicyclic amines) is 1. The Morgan fingerprint density at radius 1 is 1.21 bits per heavy atom. The number of nitrogens with zero attached hydrogens (tertiary/aromatic N) is 2. The number of piperidine rings is 1. The maximum Gasteiger partial charge on any atom is 0.273 e. The third-order valence-electron chi connectivity index (χ3n) is 3.63. The van der Waals surface area contributed by atoms with Crippen molar-refractivity contribution in [1.82, 2.24) is 9.88 Å². The van der Waals surface area contributed by atoms with Gasteiger partial charge in [0.05, 0.1) is 6.10 Å². The van der Waals surface area contributed by atoms with Gasteiger partial charge in [0.25, 0.3) is 5.91 Å². The van der Waals surface area contributed by atoms with Crippen LogP contribution in [0.1, 0.15) is 23.3 Å². The van der Waals surface area contributed by atoms with Crippen molar-refractivity contribution in [3.8, 4) is 0 Å². The molecule has 4 nitrogen and oxygen atoms in total. The monoisotopic (exact) mass is 256 g/mol. The quantitative estimate of drug-likeness (QED) is 0.847. The second kappa shape index (κ2) is 4.97. The molecule has 1 aromatic carbocycles. The van der Waals surface area contributed by atoms with E-state index in [1.165, 1.54) is 0 Å². The lowest BCUT2D eigenvalue weighted by molar-refractivity contribution is 0.0543. The first-order chi connectivity index (χ1) is 9.25. The molecule has 98 valence electrons. The van der Waals surface area contributed by atoms with Crippen LogP contribution in [0.2, 0.25) is 0 Å². The third-order valence-corrected chi connectivity index (χ3v) is 3.63. The molecule has 1 aliphatic heterocycles. The fourth-order valence-corrected chi connectivity index (χ4v) is 2.51. The molecule has 0 atom stereocenters. The van der Waals surface area contributed by atoms with Crippen LogP contribution in [-0.4, -0.2) is 40.1 Å². The SMILES string of the molecule is O=C(c1nccc2ccccc12)N1CCC(O)CC1. The van der Waals surface area contributed by atoms with E-state index < -0.39 is 0 Å². The Hall–Kier alpha value is -1.94. The number of carbonyl (C=O) groups is 1. The molecule has 0 bridgehead atoms. The molecule has 1 saturated heterocycles. The summed E-state index contributed by atoms with van der Waals surface area (Å²) in [5, 5.41) is 11.4. The Morgan fingerprint density at radius 3 is 2.74 bits per heavy atom. The first-order valence-corrected chi connectivity index (χ1v) is 6.57. The highest BCUT2D eigenvalue weighted by molar-refractivity contribution is 6.05. The molecule has 19 heavy (non-hydrogen) atoms. The smallest absolute Gasteiger partial charge is 0.273 e. The second-order valence-electron chi connectivity index (χ2n) is 4.90. The van der Waals surface area contributed by atoms with Crippen molar-refractivity contribution in [2.75, 3.05) is 13.1 Å². The van der Waals surface area contributed by atoms with Crippen molar-refractivity contribution in [2.24, 2.45) is 0 Å². The number of hydrogen-bond acceptors (Lipinski definition) is 3. The van der Waals surface area contributed by atoms with Gasteiger partial charge in [-0.15, -0.1) is 0 Å². The van der Waals surface area contributed by atoms with Crippen LogP contribution in [0, 0.1) is 0 Å². The van der Waals surface area contributed by atoms with Gasteiger partial charge in [-0.25, -0.2) is 0 Å². The van der Waals surface area contributed by atoms with Crippen molar-refractivity contribution in [3.63, 3.8) is 0 Å². The van der Waals surface area contributed by atoms with Gasteiger partial charge in [-0.05, 0) is 24.3 Å². The highest BCUT2D eigenvalue weighted by atomic mass is 16.3. The highest BCUT2D eigenvalue weighted by Crippen LogP contribution is 2.19. The van der Waals surface area contributed by atoms with Crippen molar-refractivity contribution < 1.29 is 9.90 Å². The van der Waals surface area contributed by atoms with Crippen LogP contribution in [0.5, 0.6) is 0 Å². The number of rotatable bonds is 1.